The van der Waals surface area contributed by atoms with Gasteiger partial charge in [-0.15, -0.1) is 0 Å². The minimum atomic E-state index is -0.465. The number of nitrogens with one attached hydrogen (secondary N) is 1. The summed E-state index contributed by atoms with van der Waals surface area (Å²) in [7, 11) is 0. The van der Waals surface area contributed by atoms with Gasteiger partial charge in [-0.25, -0.2) is 0 Å². The van der Waals surface area contributed by atoms with Crippen LogP contribution < -0.4 is 5.32 Å². The molecule has 1 aromatic carbocycles. The number of hydrogen-bond donors (Lipinski definition) is 2. The van der Waals surface area contributed by atoms with Gasteiger partial charge in [0.15, 0.2) is 0 Å². The van der Waals surface area contributed by atoms with Gasteiger partial charge in [-0.1, -0.05) is 37.5 Å². The molecule has 0 spiro atoms. The molecule has 1 fully saturated rings. The van der Waals surface area contributed by atoms with Gasteiger partial charge in [0.25, 0.3) is 5.91 Å². The highest BCUT2D eigenvalue weighted by Crippen LogP contribution is 2.29. The van der Waals surface area contributed by atoms with Crippen molar-refractivity contribution in [3.8, 4) is 0 Å². The number of benzene rings is 1. The minimum Gasteiger partial charge on any atom is -0.463 e. The molecule has 0 atom stereocenters. The van der Waals surface area contributed by atoms with E-state index in [1.165, 1.54) is 12.7 Å². The summed E-state index contributed by atoms with van der Waals surface area (Å²) in [5, 5.41) is 13.5. The lowest BCUT2D eigenvalue weighted by Gasteiger charge is -2.36. The topological polar surface area (TPSA) is 62.5 Å². The third-order valence-corrected chi connectivity index (χ3v) is 4.22. The van der Waals surface area contributed by atoms with E-state index in [9.17, 15) is 9.90 Å². The third kappa shape index (κ3) is 2.31. The maximum absolute atomic E-state index is 12.5. The lowest BCUT2D eigenvalue weighted by atomic mass is 9.82. The number of rotatable bonds is 3. The molecule has 4 nitrogen and oxygen atoms in total. The van der Waals surface area contributed by atoms with E-state index in [4.69, 9.17) is 4.42 Å². The first-order chi connectivity index (χ1) is 9.74. The Labute approximate surface area is 117 Å². The van der Waals surface area contributed by atoms with Gasteiger partial charge in [-0.3, -0.25) is 4.79 Å². The Morgan fingerprint density at radius 3 is 2.75 bits per heavy atom. The molecule has 106 valence electrons. The molecule has 2 aromatic rings. The van der Waals surface area contributed by atoms with E-state index in [-0.39, 0.29) is 12.5 Å². The van der Waals surface area contributed by atoms with Crippen LogP contribution in [0.5, 0.6) is 0 Å². The second-order valence-corrected chi connectivity index (χ2v) is 5.60. The van der Waals surface area contributed by atoms with Gasteiger partial charge in [-0.05, 0) is 18.9 Å². The molecule has 1 heterocycles. The fourth-order valence-corrected chi connectivity index (χ4v) is 3.01. The third-order valence-electron chi connectivity index (χ3n) is 4.22. The molecule has 1 aromatic heterocycles. The Balaban J connectivity index is 1.85. The molecule has 0 bridgehead atoms. The number of para-hydroxylation sites is 1. The fourth-order valence-electron chi connectivity index (χ4n) is 3.01. The zero-order valence-electron chi connectivity index (χ0n) is 11.4. The number of amides is 1. The summed E-state index contributed by atoms with van der Waals surface area (Å²) >= 11 is 0. The zero-order chi connectivity index (χ0) is 14.0. The van der Waals surface area contributed by atoms with Gasteiger partial charge in [0, 0.05) is 5.39 Å². The monoisotopic (exact) mass is 273 g/mol. The molecule has 1 saturated carbocycles. The van der Waals surface area contributed by atoms with Crippen LogP contribution in [0.15, 0.2) is 34.9 Å². The van der Waals surface area contributed by atoms with Crippen molar-refractivity contribution in [2.45, 2.75) is 37.6 Å². The maximum Gasteiger partial charge on any atom is 0.255 e. The van der Waals surface area contributed by atoms with Crippen LogP contribution in [0.1, 0.15) is 42.5 Å². The highest BCUT2D eigenvalue weighted by molar-refractivity contribution is 6.06. The minimum absolute atomic E-state index is 0.00543. The van der Waals surface area contributed by atoms with Crippen LogP contribution >= 0.6 is 0 Å². The predicted octanol–water partition coefficient (Wildman–Crippen LogP) is 2.86. The molecule has 0 aliphatic heterocycles. The molecule has 20 heavy (non-hydrogen) atoms. The average molecular weight is 273 g/mol. The first-order valence-corrected chi connectivity index (χ1v) is 7.14. The normalized spacial score (nSPS) is 18.1. The quantitative estimate of drug-likeness (QED) is 0.904. The Morgan fingerprint density at radius 2 is 2.00 bits per heavy atom. The second kappa shape index (κ2) is 5.29. The number of aliphatic hydroxyl groups excluding tert-OH is 1. The number of fused-ring (bicyclic) bond motifs is 1. The van der Waals surface area contributed by atoms with Crippen molar-refractivity contribution in [3.05, 3.63) is 36.1 Å². The molecule has 3 rings (SSSR count). The highest BCUT2D eigenvalue weighted by atomic mass is 16.3. The van der Waals surface area contributed by atoms with Gasteiger partial charge in [0.1, 0.15) is 11.8 Å². The Morgan fingerprint density at radius 1 is 1.25 bits per heavy atom. The summed E-state index contributed by atoms with van der Waals surface area (Å²) in [5.74, 6) is -0.161. The largest absolute Gasteiger partial charge is 0.463 e. The molecule has 0 unspecified atom stereocenters. The number of hydrogen-bond acceptors (Lipinski definition) is 3. The molecule has 0 saturated heterocycles. The molecule has 2 N–H and O–H groups in total. The van der Waals surface area contributed by atoms with E-state index in [1.807, 2.05) is 24.3 Å². The van der Waals surface area contributed by atoms with Crippen molar-refractivity contribution in [1.29, 1.82) is 0 Å². The summed E-state index contributed by atoms with van der Waals surface area (Å²) in [6, 6.07) is 7.48. The van der Waals surface area contributed by atoms with Crippen molar-refractivity contribution >= 4 is 16.9 Å². The smallest absolute Gasteiger partial charge is 0.255 e. The Hall–Kier alpha value is -1.81. The fraction of sp³-hybridized carbons (Fsp3) is 0.438. The zero-order valence-corrected chi connectivity index (χ0v) is 11.4. The summed E-state index contributed by atoms with van der Waals surface area (Å²) in [5.41, 5.74) is 0.784. The van der Waals surface area contributed by atoms with Gasteiger partial charge in [0.2, 0.25) is 0 Å². The van der Waals surface area contributed by atoms with E-state index in [0.29, 0.717) is 11.1 Å². The van der Waals surface area contributed by atoms with Crippen molar-refractivity contribution in [1.82, 2.24) is 5.32 Å². The second-order valence-electron chi connectivity index (χ2n) is 5.60. The van der Waals surface area contributed by atoms with E-state index in [0.717, 1.165) is 31.1 Å². The first kappa shape index (κ1) is 13.2. The van der Waals surface area contributed by atoms with Crippen molar-refractivity contribution < 1.29 is 14.3 Å². The molecule has 4 heteroatoms. The lowest BCUT2D eigenvalue weighted by molar-refractivity contribution is 0.0759. The van der Waals surface area contributed by atoms with Crippen molar-refractivity contribution in [3.63, 3.8) is 0 Å². The maximum atomic E-state index is 12.5. The van der Waals surface area contributed by atoms with E-state index in [1.54, 1.807) is 0 Å². The van der Waals surface area contributed by atoms with Crippen molar-refractivity contribution in [2.75, 3.05) is 6.61 Å². The molecule has 0 radical (unpaired) electrons. The number of carbonyl (C=O) groups is 1. The standard InChI is InChI=1S/C16H19NO3/c18-11-16(8-4-1-5-9-16)17-15(19)13-10-20-14-7-3-2-6-12(13)14/h2-3,6-7,10,18H,1,4-5,8-9,11H2,(H,17,19). The summed E-state index contributed by atoms with van der Waals surface area (Å²) in [4.78, 5) is 12.5. The van der Waals surface area contributed by atoms with Crippen LogP contribution in [0.3, 0.4) is 0 Å². The van der Waals surface area contributed by atoms with Gasteiger partial charge >= 0.3 is 0 Å². The Bertz CT molecular complexity index is 611. The van der Waals surface area contributed by atoms with Crippen LogP contribution in [0.4, 0.5) is 0 Å². The van der Waals surface area contributed by atoms with Crippen LogP contribution in [-0.4, -0.2) is 23.2 Å². The van der Waals surface area contributed by atoms with Crippen LogP contribution in [0.2, 0.25) is 0 Å². The molecule has 1 aliphatic carbocycles. The molecule has 1 amide bonds. The van der Waals surface area contributed by atoms with Gasteiger partial charge in [-0.2, -0.15) is 0 Å². The first-order valence-electron chi connectivity index (χ1n) is 7.14. The van der Waals surface area contributed by atoms with E-state index >= 15 is 0 Å². The summed E-state index contributed by atoms with van der Waals surface area (Å²) in [6.45, 7) is -0.00543. The van der Waals surface area contributed by atoms with Crippen LogP contribution in [0, 0.1) is 0 Å². The molecular weight excluding hydrogens is 254 g/mol. The number of aliphatic hydroxyl groups is 1. The Kier molecular flexibility index (Phi) is 3.49. The van der Waals surface area contributed by atoms with Gasteiger partial charge < -0.3 is 14.8 Å². The average Bonchev–Trinajstić information content (AvgIpc) is 2.92. The van der Waals surface area contributed by atoms with Crippen LogP contribution in [-0.2, 0) is 0 Å². The number of furan rings is 1. The van der Waals surface area contributed by atoms with E-state index in [2.05, 4.69) is 5.32 Å². The molecular formula is C16H19NO3. The number of carbonyl (C=O) groups excluding carboxylic acids is 1. The SMILES string of the molecule is O=C(NC1(CO)CCCCC1)c1coc2ccccc12. The summed E-state index contributed by atoms with van der Waals surface area (Å²) in [6.07, 6.45) is 6.44. The van der Waals surface area contributed by atoms with Crippen LogP contribution in [0.25, 0.3) is 11.0 Å². The highest BCUT2D eigenvalue weighted by Gasteiger charge is 2.33. The predicted molar refractivity (Wildman–Crippen MR) is 76.6 cm³/mol. The van der Waals surface area contributed by atoms with E-state index < -0.39 is 5.54 Å². The van der Waals surface area contributed by atoms with Gasteiger partial charge in [0.05, 0.1) is 17.7 Å². The molecule has 1 aliphatic rings. The van der Waals surface area contributed by atoms with Crippen molar-refractivity contribution in [2.24, 2.45) is 0 Å². The lowest BCUT2D eigenvalue weighted by Crippen LogP contribution is -2.52. The summed E-state index contributed by atoms with van der Waals surface area (Å²) < 4.78 is 5.40.